The lowest BCUT2D eigenvalue weighted by atomic mass is 9.73. The number of anilines is 2. The number of carbonyl (C=O) groups excluding carboxylic acids is 2. The fourth-order valence-electron chi connectivity index (χ4n) is 5.52. The number of likely N-dealkylation sites (N-methyl/N-ethyl adjacent to an activating group) is 1. The van der Waals surface area contributed by atoms with Crippen LogP contribution in [0.4, 0.5) is 11.6 Å². The molecule has 8 nitrogen and oxygen atoms in total. The highest BCUT2D eigenvalue weighted by atomic mass is 16.2. The molecule has 1 N–H and O–H groups in total. The second-order valence-corrected chi connectivity index (χ2v) is 10.5. The Morgan fingerprint density at radius 1 is 1.09 bits per heavy atom. The van der Waals surface area contributed by atoms with Crippen LogP contribution in [-0.2, 0) is 28.0 Å². The highest BCUT2D eigenvalue weighted by molar-refractivity contribution is 6.07. The number of rotatable bonds is 1. The molecule has 1 fully saturated rings. The number of aromatic amines is 1. The monoisotopic (exact) mass is 449 g/mol. The second kappa shape index (κ2) is 7.43. The van der Waals surface area contributed by atoms with Gasteiger partial charge in [-0.3, -0.25) is 19.4 Å². The number of hydrogen-bond acceptors (Lipinski definition) is 5. The van der Waals surface area contributed by atoms with Crippen molar-refractivity contribution in [1.82, 2.24) is 14.9 Å². The minimum atomic E-state index is -0.508. The molecule has 1 spiro atoms. The number of carbonyl (C=O) groups is 2. The first-order valence-corrected chi connectivity index (χ1v) is 11.7. The molecule has 0 radical (unpaired) electrons. The Morgan fingerprint density at radius 2 is 1.79 bits per heavy atom. The average Bonchev–Trinajstić information content (AvgIpc) is 3.00. The molecule has 8 heteroatoms. The highest BCUT2D eigenvalue weighted by Gasteiger charge is 2.51. The molecule has 0 bridgehead atoms. The maximum atomic E-state index is 13.2. The predicted octanol–water partition coefficient (Wildman–Crippen LogP) is 2.22. The number of benzene rings is 1. The van der Waals surface area contributed by atoms with Gasteiger partial charge in [0.15, 0.2) is 0 Å². The molecule has 3 aliphatic heterocycles. The topological polar surface area (TPSA) is 89.6 Å². The predicted molar refractivity (Wildman–Crippen MR) is 126 cm³/mol. The number of aromatic nitrogens is 2. The van der Waals surface area contributed by atoms with Crippen LogP contribution in [0.15, 0.2) is 29.1 Å². The standard InChI is InChI=1S/C25H31N5O3/c1-24(2,3)21(32)30-12-9-16-18(15-30)26-23(27-20(16)31)29-13-10-25(11-14-29)17-7-5-6-8-19(17)28(4)22(25)33/h5-8H,9-15H2,1-4H3,(H,26,27,31). The third-order valence-corrected chi connectivity index (χ3v) is 7.40. The number of piperidine rings is 1. The van der Waals surface area contributed by atoms with Gasteiger partial charge in [0.1, 0.15) is 0 Å². The van der Waals surface area contributed by atoms with Crippen LogP contribution >= 0.6 is 0 Å². The first-order valence-electron chi connectivity index (χ1n) is 11.7. The molecule has 2 amide bonds. The lowest BCUT2D eigenvalue weighted by Crippen LogP contribution is -2.49. The van der Waals surface area contributed by atoms with Crippen molar-refractivity contribution in [2.24, 2.45) is 5.41 Å². The normalized spacial score (nSPS) is 19.6. The first-order chi connectivity index (χ1) is 15.6. The Morgan fingerprint density at radius 3 is 2.48 bits per heavy atom. The van der Waals surface area contributed by atoms with Gasteiger partial charge < -0.3 is 14.7 Å². The summed E-state index contributed by atoms with van der Waals surface area (Å²) in [5.41, 5.74) is 2.33. The quantitative estimate of drug-likeness (QED) is 0.721. The van der Waals surface area contributed by atoms with Crippen LogP contribution in [0, 0.1) is 5.41 Å². The fraction of sp³-hybridized carbons (Fsp3) is 0.520. The zero-order valence-corrected chi connectivity index (χ0v) is 19.8. The van der Waals surface area contributed by atoms with E-state index >= 15 is 0 Å². The van der Waals surface area contributed by atoms with Gasteiger partial charge in [-0.05, 0) is 30.9 Å². The van der Waals surface area contributed by atoms with Crippen LogP contribution in [0.3, 0.4) is 0 Å². The van der Waals surface area contributed by atoms with E-state index in [9.17, 15) is 14.4 Å². The molecule has 1 aromatic heterocycles. The number of para-hydroxylation sites is 1. The molecule has 174 valence electrons. The molecule has 2 aromatic rings. The van der Waals surface area contributed by atoms with Crippen LogP contribution in [0.5, 0.6) is 0 Å². The number of nitrogens with one attached hydrogen (secondary N) is 1. The number of hydrogen-bond donors (Lipinski definition) is 1. The maximum Gasteiger partial charge on any atom is 0.255 e. The summed E-state index contributed by atoms with van der Waals surface area (Å²) in [4.78, 5) is 52.2. The van der Waals surface area contributed by atoms with E-state index in [-0.39, 0.29) is 17.4 Å². The van der Waals surface area contributed by atoms with Crippen LogP contribution in [0.1, 0.15) is 50.4 Å². The molecule has 0 atom stereocenters. The van der Waals surface area contributed by atoms with Gasteiger partial charge >= 0.3 is 0 Å². The number of nitrogens with zero attached hydrogens (tertiary/aromatic N) is 4. The van der Waals surface area contributed by atoms with E-state index in [0.717, 1.165) is 11.3 Å². The van der Waals surface area contributed by atoms with Gasteiger partial charge in [0.05, 0.1) is 17.7 Å². The van der Waals surface area contributed by atoms with Crippen LogP contribution in [0.2, 0.25) is 0 Å². The number of fused-ring (bicyclic) bond motifs is 3. The minimum absolute atomic E-state index is 0.0687. The van der Waals surface area contributed by atoms with Crippen molar-refractivity contribution in [3.05, 3.63) is 51.4 Å². The molecule has 0 aliphatic carbocycles. The van der Waals surface area contributed by atoms with Crippen molar-refractivity contribution in [1.29, 1.82) is 0 Å². The molecule has 4 heterocycles. The van der Waals surface area contributed by atoms with Crippen LogP contribution in [-0.4, -0.2) is 53.4 Å². The molecule has 33 heavy (non-hydrogen) atoms. The highest BCUT2D eigenvalue weighted by Crippen LogP contribution is 2.47. The third kappa shape index (κ3) is 3.34. The van der Waals surface area contributed by atoms with E-state index in [0.29, 0.717) is 62.6 Å². The Labute approximate surface area is 193 Å². The van der Waals surface area contributed by atoms with Gasteiger partial charge in [0.2, 0.25) is 17.8 Å². The lowest BCUT2D eigenvalue weighted by Gasteiger charge is -2.39. The summed E-state index contributed by atoms with van der Waals surface area (Å²) in [5, 5.41) is 0. The van der Waals surface area contributed by atoms with Crippen LogP contribution in [0.25, 0.3) is 0 Å². The summed E-state index contributed by atoms with van der Waals surface area (Å²) in [6.07, 6.45) is 1.85. The number of H-pyrrole nitrogens is 1. The van der Waals surface area contributed by atoms with Crippen molar-refractivity contribution < 1.29 is 9.59 Å². The molecule has 3 aliphatic rings. The van der Waals surface area contributed by atoms with Crippen molar-refractivity contribution in [2.45, 2.75) is 52.0 Å². The van der Waals surface area contributed by atoms with E-state index < -0.39 is 10.8 Å². The van der Waals surface area contributed by atoms with E-state index in [2.05, 4.69) is 16.0 Å². The molecular formula is C25H31N5O3. The fourth-order valence-corrected chi connectivity index (χ4v) is 5.52. The van der Waals surface area contributed by atoms with E-state index in [1.807, 2.05) is 46.0 Å². The smallest absolute Gasteiger partial charge is 0.255 e. The Kier molecular flexibility index (Phi) is 4.88. The molecular weight excluding hydrogens is 418 g/mol. The maximum absolute atomic E-state index is 13.2. The van der Waals surface area contributed by atoms with Gasteiger partial charge in [0.25, 0.3) is 5.56 Å². The Bertz CT molecular complexity index is 1190. The second-order valence-electron chi connectivity index (χ2n) is 10.5. The molecule has 0 saturated carbocycles. The average molecular weight is 450 g/mol. The first kappa shape index (κ1) is 21.7. The lowest BCUT2D eigenvalue weighted by molar-refractivity contribution is -0.140. The van der Waals surface area contributed by atoms with Crippen molar-refractivity contribution in [3.8, 4) is 0 Å². The molecule has 0 unspecified atom stereocenters. The van der Waals surface area contributed by atoms with Gasteiger partial charge in [0, 0.05) is 43.3 Å². The third-order valence-electron chi connectivity index (χ3n) is 7.40. The molecule has 5 rings (SSSR count). The molecule has 1 aromatic carbocycles. The van der Waals surface area contributed by atoms with Gasteiger partial charge in [-0.15, -0.1) is 0 Å². The van der Waals surface area contributed by atoms with Gasteiger partial charge in [-0.2, -0.15) is 0 Å². The van der Waals surface area contributed by atoms with Crippen LogP contribution < -0.4 is 15.4 Å². The SMILES string of the molecule is CN1C(=O)C2(CCN(c3nc4c(c(=O)[nH]3)CCN(C(=O)C(C)(C)C)C4)CC2)c2ccccc21. The Hall–Kier alpha value is -3.16. The zero-order valence-electron chi connectivity index (χ0n) is 19.8. The summed E-state index contributed by atoms with van der Waals surface area (Å²) < 4.78 is 0. The van der Waals surface area contributed by atoms with Gasteiger partial charge in [-0.25, -0.2) is 4.98 Å². The summed E-state index contributed by atoms with van der Waals surface area (Å²) >= 11 is 0. The largest absolute Gasteiger partial charge is 0.342 e. The molecule has 1 saturated heterocycles. The van der Waals surface area contributed by atoms with E-state index in [1.54, 1.807) is 9.80 Å². The van der Waals surface area contributed by atoms with Gasteiger partial charge in [-0.1, -0.05) is 39.0 Å². The zero-order chi connectivity index (χ0) is 23.5. The summed E-state index contributed by atoms with van der Waals surface area (Å²) in [6, 6.07) is 8.02. The van der Waals surface area contributed by atoms with E-state index in [4.69, 9.17) is 4.98 Å². The minimum Gasteiger partial charge on any atom is -0.342 e. The van der Waals surface area contributed by atoms with Crippen molar-refractivity contribution in [3.63, 3.8) is 0 Å². The van der Waals surface area contributed by atoms with Crippen molar-refractivity contribution >= 4 is 23.5 Å². The Balaban J connectivity index is 1.39. The summed E-state index contributed by atoms with van der Waals surface area (Å²) in [5.74, 6) is 0.747. The summed E-state index contributed by atoms with van der Waals surface area (Å²) in [7, 11) is 1.84. The summed E-state index contributed by atoms with van der Waals surface area (Å²) in [6.45, 7) is 7.87. The number of amides is 2. The van der Waals surface area contributed by atoms with E-state index in [1.165, 1.54) is 0 Å². The van der Waals surface area contributed by atoms with Crippen molar-refractivity contribution in [2.75, 3.05) is 36.5 Å².